The number of rotatable bonds is 4. The maximum absolute atomic E-state index is 11.5. The van der Waals surface area contributed by atoms with Gasteiger partial charge in [-0.1, -0.05) is 22.9 Å². The van der Waals surface area contributed by atoms with Crippen molar-refractivity contribution < 1.29 is 9.59 Å². The third-order valence-corrected chi connectivity index (χ3v) is 3.27. The Balaban J connectivity index is 2.69. The van der Waals surface area contributed by atoms with E-state index in [0.717, 1.165) is 6.42 Å². The molecule has 0 aliphatic carbocycles. The molecule has 0 fully saturated rings. The van der Waals surface area contributed by atoms with Gasteiger partial charge in [-0.15, -0.1) is 0 Å². The lowest BCUT2D eigenvalue weighted by molar-refractivity contribution is -0.115. The SMILES string of the molecule is CC[C@H](Br)C(=O)Nc1ccc(C(C)=O)cc1. The van der Waals surface area contributed by atoms with Crippen molar-refractivity contribution in [3.8, 4) is 0 Å². The molecular formula is C12H14BrNO2. The molecule has 3 nitrogen and oxygen atoms in total. The van der Waals surface area contributed by atoms with Gasteiger partial charge in [-0.3, -0.25) is 9.59 Å². The Labute approximate surface area is 103 Å². The molecule has 1 atom stereocenters. The van der Waals surface area contributed by atoms with Crippen molar-refractivity contribution in [2.45, 2.75) is 25.1 Å². The number of hydrogen-bond donors (Lipinski definition) is 1. The maximum atomic E-state index is 11.5. The van der Waals surface area contributed by atoms with Gasteiger partial charge in [0, 0.05) is 11.3 Å². The predicted molar refractivity (Wildman–Crippen MR) is 68.1 cm³/mol. The number of halogens is 1. The van der Waals surface area contributed by atoms with Gasteiger partial charge in [-0.2, -0.15) is 0 Å². The number of benzene rings is 1. The number of amides is 1. The molecule has 0 heterocycles. The Morgan fingerprint density at radius 3 is 2.31 bits per heavy atom. The fourth-order valence-corrected chi connectivity index (χ4v) is 1.31. The number of Topliss-reactive ketones (excluding diaryl/α,β-unsaturated/α-hetero) is 1. The molecule has 0 spiro atoms. The zero-order valence-corrected chi connectivity index (χ0v) is 10.9. The molecule has 0 radical (unpaired) electrons. The highest BCUT2D eigenvalue weighted by Gasteiger charge is 2.12. The van der Waals surface area contributed by atoms with Crippen LogP contribution in [0.4, 0.5) is 5.69 Å². The zero-order chi connectivity index (χ0) is 12.1. The van der Waals surface area contributed by atoms with E-state index in [4.69, 9.17) is 0 Å². The van der Waals surface area contributed by atoms with Crippen LogP contribution in [0.2, 0.25) is 0 Å². The molecule has 1 rings (SSSR count). The number of hydrogen-bond acceptors (Lipinski definition) is 2. The highest BCUT2D eigenvalue weighted by atomic mass is 79.9. The standard InChI is InChI=1S/C12H14BrNO2/c1-3-11(13)12(16)14-10-6-4-9(5-7-10)8(2)15/h4-7,11H,3H2,1-2H3,(H,14,16)/t11-/m0/s1. The van der Waals surface area contributed by atoms with Gasteiger partial charge in [0.25, 0.3) is 0 Å². The van der Waals surface area contributed by atoms with Gasteiger partial charge in [-0.25, -0.2) is 0 Å². The van der Waals surface area contributed by atoms with Crippen LogP contribution in [0.15, 0.2) is 24.3 Å². The number of anilines is 1. The Hall–Kier alpha value is -1.16. The van der Waals surface area contributed by atoms with Crippen LogP contribution in [0.3, 0.4) is 0 Å². The minimum atomic E-state index is -0.181. The summed E-state index contributed by atoms with van der Waals surface area (Å²) in [6, 6.07) is 6.86. The summed E-state index contributed by atoms with van der Waals surface area (Å²) in [4.78, 5) is 22.4. The Morgan fingerprint density at radius 2 is 1.88 bits per heavy atom. The number of carbonyl (C=O) groups is 2. The van der Waals surface area contributed by atoms with Crippen LogP contribution in [-0.2, 0) is 4.79 Å². The largest absolute Gasteiger partial charge is 0.325 e. The third-order valence-electron chi connectivity index (χ3n) is 2.20. The molecule has 1 aromatic carbocycles. The topological polar surface area (TPSA) is 46.2 Å². The second kappa shape index (κ2) is 5.80. The highest BCUT2D eigenvalue weighted by Crippen LogP contribution is 2.13. The molecule has 0 saturated heterocycles. The van der Waals surface area contributed by atoms with E-state index in [2.05, 4.69) is 21.2 Å². The zero-order valence-electron chi connectivity index (χ0n) is 9.29. The molecule has 0 bridgehead atoms. The summed E-state index contributed by atoms with van der Waals surface area (Å²) in [5.41, 5.74) is 1.34. The van der Waals surface area contributed by atoms with Crippen molar-refractivity contribution in [1.29, 1.82) is 0 Å². The summed E-state index contributed by atoms with van der Waals surface area (Å²) in [6.07, 6.45) is 0.733. The molecular weight excluding hydrogens is 270 g/mol. The quantitative estimate of drug-likeness (QED) is 0.682. The average molecular weight is 284 g/mol. The molecule has 4 heteroatoms. The molecule has 16 heavy (non-hydrogen) atoms. The molecule has 0 aromatic heterocycles. The number of carbonyl (C=O) groups excluding carboxylic acids is 2. The first-order chi connectivity index (χ1) is 7.54. The van der Waals surface area contributed by atoms with Crippen LogP contribution in [0.25, 0.3) is 0 Å². The van der Waals surface area contributed by atoms with Crippen LogP contribution < -0.4 is 5.32 Å². The lowest BCUT2D eigenvalue weighted by Gasteiger charge is -2.08. The van der Waals surface area contributed by atoms with E-state index in [-0.39, 0.29) is 16.5 Å². The monoisotopic (exact) mass is 283 g/mol. The van der Waals surface area contributed by atoms with E-state index >= 15 is 0 Å². The molecule has 0 saturated carbocycles. The van der Waals surface area contributed by atoms with Crippen molar-refractivity contribution in [2.24, 2.45) is 0 Å². The van der Waals surface area contributed by atoms with Crippen molar-refractivity contribution in [3.63, 3.8) is 0 Å². The van der Waals surface area contributed by atoms with Gasteiger partial charge in [0.05, 0.1) is 4.83 Å². The van der Waals surface area contributed by atoms with Crippen LogP contribution in [0, 0.1) is 0 Å². The summed E-state index contributed by atoms with van der Waals surface area (Å²) in [5, 5.41) is 2.76. The predicted octanol–water partition coefficient (Wildman–Crippen LogP) is 3.00. The molecule has 0 aliphatic heterocycles. The summed E-state index contributed by atoms with van der Waals surface area (Å²) in [6.45, 7) is 3.44. The summed E-state index contributed by atoms with van der Waals surface area (Å²) < 4.78 is 0. The number of alkyl halides is 1. The van der Waals surface area contributed by atoms with Crippen LogP contribution in [0.1, 0.15) is 30.6 Å². The van der Waals surface area contributed by atoms with E-state index in [1.54, 1.807) is 24.3 Å². The lowest BCUT2D eigenvalue weighted by atomic mass is 10.1. The van der Waals surface area contributed by atoms with Crippen LogP contribution in [0.5, 0.6) is 0 Å². The van der Waals surface area contributed by atoms with Gasteiger partial charge in [0.1, 0.15) is 0 Å². The van der Waals surface area contributed by atoms with Crippen molar-refractivity contribution in [3.05, 3.63) is 29.8 Å². The van der Waals surface area contributed by atoms with E-state index in [0.29, 0.717) is 11.3 Å². The summed E-state index contributed by atoms with van der Waals surface area (Å²) >= 11 is 3.27. The van der Waals surface area contributed by atoms with E-state index in [1.807, 2.05) is 6.92 Å². The molecule has 86 valence electrons. The van der Waals surface area contributed by atoms with Gasteiger partial charge in [0.15, 0.2) is 5.78 Å². The highest BCUT2D eigenvalue weighted by molar-refractivity contribution is 9.10. The van der Waals surface area contributed by atoms with Gasteiger partial charge in [0.2, 0.25) is 5.91 Å². The minimum Gasteiger partial charge on any atom is -0.325 e. The van der Waals surface area contributed by atoms with Gasteiger partial charge < -0.3 is 5.32 Å². The smallest absolute Gasteiger partial charge is 0.238 e. The van der Waals surface area contributed by atoms with Gasteiger partial charge in [-0.05, 0) is 37.6 Å². The normalized spacial score (nSPS) is 11.9. The number of nitrogens with one attached hydrogen (secondary N) is 1. The summed E-state index contributed by atoms with van der Waals surface area (Å²) in [5.74, 6) is -0.0529. The number of ketones is 1. The molecule has 1 amide bonds. The Kier molecular flexibility index (Phi) is 4.68. The van der Waals surface area contributed by atoms with Crippen molar-refractivity contribution in [1.82, 2.24) is 0 Å². The summed E-state index contributed by atoms with van der Waals surface area (Å²) in [7, 11) is 0. The maximum Gasteiger partial charge on any atom is 0.238 e. The first kappa shape index (κ1) is 12.9. The molecule has 1 N–H and O–H groups in total. The molecule has 1 aromatic rings. The third kappa shape index (κ3) is 3.45. The van der Waals surface area contributed by atoms with Crippen molar-refractivity contribution in [2.75, 3.05) is 5.32 Å². The van der Waals surface area contributed by atoms with Crippen LogP contribution in [-0.4, -0.2) is 16.5 Å². The Morgan fingerprint density at radius 1 is 1.31 bits per heavy atom. The minimum absolute atomic E-state index is 0.0183. The second-order valence-electron chi connectivity index (χ2n) is 3.50. The molecule has 0 unspecified atom stereocenters. The first-order valence-corrected chi connectivity index (χ1v) is 6.02. The fraction of sp³-hybridized carbons (Fsp3) is 0.333. The first-order valence-electron chi connectivity index (χ1n) is 5.10. The molecule has 0 aliphatic rings. The second-order valence-corrected chi connectivity index (χ2v) is 4.60. The Bertz CT molecular complexity index is 387. The lowest BCUT2D eigenvalue weighted by Crippen LogP contribution is -2.21. The van der Waals surface area contributed by atoms with Gasteiger partial charge >= 0.3 is 0 Å². The van der Waals surface area contributed by atoms with E-state index in [9.17, 15) is 9.59 Å². The fourth-order valence-electron chi connectivity index (χ4n) is 1.19. The van der Waals surface area contributed by atoms with E-state index in [1.165, 1.54) is 6.92 Å². The van der Waals surface area contributed by atoms with Crippen LogP contribution >= 0.6 is 15.9 Å². The average Bonchev–Trinajstić information content (AvgIpc) is 2.28. The van der Waals surface area contributed by atoms with E-state index < -0.39 is 0 Å². The van der Waals surface area contributed by atoms with Crippen molar-refractivity contribution >= 4 is 33.3 Å².